The zero-order chi connectivity index (χ0) is 11.4. The largest absolute Gasteiger partial charge is 0.352 e. The molecular weight excluding hydrogens is 236 g/mol. The molecule has 0 spiro atoms. The Balaban J connectivity index is 0.00000144. The molecule has 3 N–H and O–H groups in total. The summed E-state index contributed by atoms with van der Waals surface area (Å²) in [6, 6.07) is 0.246. The first kappa shape index (κ1) is 14.8. The smallest absolute Gasteiger partial charge is 0.220 e. The Hall–Kier alpha value is -0.280. The van der Waals surface area contributed by atoms with Crippen LogP contribution in [0.3, 0.4) is 0 Å². The minimum atomic E-state index is 0. The lowest BCUT2D eigenvalue weighted by Gasteiger charge is -2.16. The van der Waals surface area contributed by atoms with Gasteiger partial charge >= 0.3 is 0 Å². The minimum absolute atomic E-state index is 0. The van der Waals surface area contributed by atoms with Crippen LogP contribution < -0.4 is 11.1 Å². The predicted molar refractivity (Wildman–Crippen MR) is 72.1 cm³/mol. The van der Waals surface area contributed by atoms with Gasteiger partial charge in [-0.1, -0.05) is 25.7 Å². The molecular formula is C13H25ClN2O. The third-order valence-corrected chi connectivity index (χ3v) is 4.05. The number of halogens is 1. The molecule has 1 unspecified atom stereocenters. The maximum Gasteiger partial charge on any atom is 0.220 e. The highest BCUT2D eigenvalue weighted by Gasteiger charge is 2.31. The molecule has 4 heteroatoms. The third kappa shape index (κ3) is 4.84. The van der Waals surface area contributed by atoms with E-state index in [1.54, 1.807) is 0 Å². The molecule has 2 saturated carbocycles. The average molecular weight is 261 g/mol. The van der Waals surface area contributed by atoms with Crippen molar-refractivity contribution >= 4 is 18.3 Å². The minimum Gasteiger partial charge on any atom is -0.352 e. The van der Waals surface area contributed by atoms with Crippen molar-refractivity contribution in [2.45, 2.75) is 57.4 Å². The van der Waals surface area contributed by atoms with Gasteiger partial charge in [-0.2, -0.15) is 0 Å². The Bertz CT molecular complexity index is 238. The first-order chi connectivity index (χ1) is 7.79. The van der Waals surface area contributed by atoms with Crippen molar-refractivity contribution in [3.05, 3.63) is 0 Å². The predicted octanol–water partition coefficient (Wildman–Crippen LogP) is 2.23. The molecule has 17 heavy (non-hydrogen) atoms. The maximum absolute atomic E-state index is 11.7. The first-order valence-electron chi connectivity index (χ1n) is 6.79. The van der Waals surface area contributed by atoms with Crippen LogP contribution in [0.25, 0.3) is 0 Å². The molecule has 3 nitrogen and oxygen atoms in total. The fourth-order valence-corrected chi connectivity index (χ4v) is 2.78. The number of carbonyl (C=O) groups is 1. The van der Waals surface area contributed by atoms with Crippen molar-refractivity contribution in [1.82, 2.24) is 5.32 Å². The Labute approximate surface area is 110 Å². The van der Waals surface area contributed by atoms with Crippen LogP contribution >= 0.6 is 12.4 Å². The van der Waals surface area contributed by atoms with Crippen LogP contribution in [0.5, 0.6) is 0 Å². The van der Waals surface area contributed by atoms with Crippen molar-refractivity contribution in [3.8, 4) is 0 Å². The molecule has 0 heterocycles. The van der Waals surface area contributed by atoms with E-state index in [0.29, 0.717) is 18.9 Å². The number of hydrogen-bond acceptors (Lipinski definition) is 2. The van der Waals surface area contributed by atoms with E-state index in [0.717, 1.165) is 12.3 Å². The highest BCUT2D eigenvalue weighted by atomic mass is 35.5. The van der Waals surface area contributed by atoms with Gasteiger partial charge < -0.3 is 11.1 Å². The molecule has 2 aliphatic rings. The number of nitrogens with one attached hydrogen (secondary N) is 1. The van der Waals surface area contributed by atoms with E-state index in [1.807, 2.05) is 0 Å². The molecule has 2 aliphatic carbocycles. The Morgan fingerprint density at radius 1 is 1.24 bits per heavy atom. The summed E-state index contributed by atoms with van der Waals surface area (Å²) in [4.78, 5) is 11.7. The maximum atomic E-state index is 11.7. The highest BCUT2D eigenvalue weighted by Crippen LogP contribution is 2.32. The zero-order valence-corrected chi connectivity index (χ0v) is 11.3. The fourth-order valence-electron chi connectivity index (χ4n) is 2.78. The number of amides is 1. The van der Waals surface area contributed by atoms with E-state index in [4.69, 9.17) is 5.73 Å². The van der Waals surface area contributed by atoms with Crippen molar-refractivity contribution in [1.29, 1.82) is 0 Å². The van der Waals surface area contributed by atoms with Crippen molar-refractivity contribution in [2.24, 2.45) is 17.6 Å². The number of carbonyl (C=O) groups excluding carboxylic acids is 1. The molecule has 1 atom stereocenters. The lowest BCUT2D eigenvalue weighted by Crippen LogP contribution is -2.41. The normalized spacial score (nSPS) is 21.9. The van der Waals surface area contributed by atoms with Crippen molar-refractivity contribution in [2.75, 3.05) is 6.54 Å². The summed E-state index contributed by atoms with van der Waals surface area (Å²) in [6.45, 7) is 0.597. The van der Waals surface area contributed by atoms with E-state index < -0.39 is 0 Å². The lowest BCUT2D eigenvalue weighted by atomic mass is 10.0. The topological polar surface area (TPSA) is 55.1 Å². The van der Waals surface area contributed by atoms with Gasteiger partial charge in [-0.25, -0.2) is 0 Å². The summed E-state index contributed by atoms with van der Waals surface area (Å²) < 4.78 is 0. The number of hydrogen-bond donors (Lipinski definition) is 2. The summed E-state index contributed by atoms with van der Waals surface area (Å²) >= 11 is 0. The molecule has 2 rings (SSSR count). The summed E-state index contributed by atoms with van der Waals surface area (Å²) in [5.74, 6) is 1.69. The van der Waals surface area contributed by atoms with Gasteiger partial charge in [-0.15, -0.1) is 12.4 Å². The lowest BCUT2D eigenvalue weighted by molar-refractivity contribution is -0.122. The summed E-state index contributed by atoms with van der Waals surface area (Å²) in [7, 11) is 0. The van der Waals surface area contributed by atoms with E-state index in [-0.39, 0.29) is 24.4 Å². The third-order valence-electron chi connectivity index (χ3n) is 4.05. The van der Waals surface area contributed by atoms with E-state index in [2.05, 4.69) is 5.32 Å². The highest BCUT2D eigenvalue weighted by molar-refractivity contribution is 5.85. The van der Waals surface area contributed by atoms with Crippen LogP contribution in [0, 0.1) is 11.8 Å². The Kier molecular flexibility index (Phi) is 6.28. The van der Waals surface area contributed by atoms with Crippen LogP contribution in [-0.2, 0) is 4.79 Å². The van der Waals surface area contributed by atoms with Crippen LogP contribution in [0.4, 0.5) is 0 Å². The first-order valence-corrected chi connectivity index (χ1v) is 6.79. The molecule has 0 aromatic rings. The molecule has 1 amide bonds. The van der Waals surface area contributed by atoms with Gasteiger partial charge in [0.25, 0.3) is 0 Å². The number of nitrogens with two attached hydrogens (primary N) is 1. The van der Waals surface area contributed by atoms with Crippen LogP contribution in [0.1, 0.15) is 51.4 Å². The molecule has 0 aromatic heterocycles. The second-order valence-corrected chi connectivity index (χ2v) is 5.44. The number of rotatable bonds is 6. The second-order valence-electron chi connectivity index (χ2n) is 5.44. The quantitative estimate of drug-likeness (QED) is 0.770. The van der Waals surface area contributed by atoms with E-state index in [1.165, 1.54) is 38.5 Å². The van der Waals surface area contributed by atoms with Crippen molar-refractivity contribution < 1.29 is 4.79 Å². The van der Waals surface area contributed by atoms with Gasteiger partial charge in [0.15, 0.2) is 0 Å². The molecule has 0 bridgehead atoms. The van der Waals surface area contributed by atoms with Gasteiger partial charge in [0.1, 0.15) is 0 Å². The average Bonchev–Trinajstić information content (AvgIpc) is 3.00. The Morgan fingerprint density at radius 3 is 2.41 bits per heavy atom. The molecule has 0 radical (unpaired) electrons. The molecule has 2 fully saturated rings. The molecule has 0 saturated heterocycles. The monoisotopic (exact) mass is 260 g/mol. The van der Waals surface area contributed by atoms with E-state index in [9.17, 15) is 4.79 Å². The van der Waals surface area contributed by atoms with Gasteiger partial charge in [-0.3, -0.25) is 4.79 Å². The zero-order valence-electron chi connectivity index (χ0n) is 10.5. The summed E-state index contributed by atoms with van der Waals surface area (Å²) in [6.07, 6.45) is 9.64. The molecule has 0 aliphatic heterocycles. The van der Waals surface area contributed by atoms with Gasteiger partial charge in [0.05, 0.1) is 0 Å². The van der Waals surface area contributed by atoms with Crippen molar-refractivity contribution in [3.63, 3.8) is 0 Å². The molecule has 100 valence electrons. The van der Waals surface area contributed by atoms with Gasteiger partial charge in [0.2, 0.25) is 5.91 Å². The van der Waals surface area contributed by atoms with Crippen LogP contribution in [0.15, 0.2) is 0 Å². The fraction of sp³-hybridized carbons (Fsp3) is 0.923. The Morgan fingerprint density at radius 2 is 1.88 bits per heavy atom. The standard InChI is InChI=1S/C13H24N2O.ClH/c14-9-12(11-6-7-11)15-13(16)8-5-10-3-1-2-4-10;/h10-12H,1-9,14H2,(H,15,16);1H. The second kappa shape index (κ2) is 7.22. The molecule has 0 aromatic carbocycles. The summed E-state index contributed by atoms with van der Waals surface area (Å²) in [5, 5.41) is 3.09. The van der Waals surface area contributed by atoms with Crippen LogP contribution in [0.2, 0.25) is 0 Å². The SMILES string of the molecule is Cl.NCC(NC(=O)CCC1CCCC1)C1CC1. The van der Waals surface area contributed by atoms with E-state index >= 15 is 0 Å². The summed E-state index contributed by atoms with van der Waals surface area (Å²) in [5.41, 5.74) is 5.67. The van der Waals surface area contributed by atoms with Gasteiger partial charge in [0, 0.05) is 19.0 Å². The van der Waals surface area contributed by atoms with Gasteiger partial charge in [-0.05, 0) is 31.1 Å². The van der Waals surface area contributed by atoms with Crippen LogP contribution in [-0.4, -0.2) is 18.5 Å².